The molecule has 0 unspecified atom stereocenters. The van der Waals surface area contributed by atoms with Crippen LogP contribution in [0.1, 0.15) is 5.56 Å². The van der Waals surface area contributed by atoms with Gasteiger partial charge < -0.3 is 21.5 Å². The third kappa shape index (κ3) is 4.29. The number of hydrogen-bond acceptors (Lipinski definition) is 5. The van der Waals surface area contributed by atoms with Crippen LogP contribution in [0, 0.1) is 0 Å². The second-order valence-electron chi connectivity index (χ2n) is 6.71. The average Bonchev–Trinajstić information content (AvgIpc) is 2.77. The van der Waals surface area contributed by atoms with Gasteiger partial charge >= 0.3 is 6.03 Å². The van der Waals surface area contributed by atoms with Crippen molar-refractivity contribution in [1.29, 1.82) is 0 Å². The molecule has 156 valence electrons. The van der Waals surface area contributed by atoms with Crippen molar-refractivity contribution in [3.63, 3.8) is 0 Å². The van der Waals surface area contributed by atoms with E-state index in [1.54, 1.807) is 19.2 Å². The number of halogens is 1. The number of hydrazone groups is 1. The lowest BCUT2D eigenvalue weighted by atomic mass is 10.1. The number of rotatable bonds is 5. The van der Waals surface area contributed by atoms with E-state index >= 15 is 0 Å². The van der Waals surface area contributed by atoms with E-state index in [1.807, 2.05) is 48.5 Å². The first kappa shape index (κ1) is 20.2. The van der Waals surface area contributed by atoms with E-state index in [1.165, 1.54) is 0 Å². The molecule has 0 saturated heterocycles. The molecular weight excluding hydrogens is 416 g/mol. The molecule has 0 spiro atoms. The molecule has 0 bridgehead atoms. The number of urea groups is 1. The van der Waals surface area contributed by atoms with Crippen LogP contribution in [-0.4, -0.2) is 24.0 Å². The number of carbonyl (C=O) groups is 1. The molecule has 0 fully saturated rings. The van der Waals surface area contributed by atoms with E-state index in [4.69, 9.17) is 32.8 Å². The molecule has 3 aromatic carbocycles. The van der Waals surface area contributed by atoms with E-state index in [0.717, 1.165) is 38.9 Å². The molecule has 0 aliphatic carbocycles. The van der Waals surface area contributed by atoms with Crippen LogP contribution >= 0.6 is 11.6 Å². The fourth-order valence-corrected chi connectivity index (χ4v) is 3.37. The number of pyridine rings is 1. The van der Waals surface area contributed by atoms with Gasteiger partial charge in [0.2, 0.25) is 0 Å². The predicted molar refractivity (Wildman–Crippen MR) is 124 cm³/mol. The summed E-state index contributed by atoms with van der Waals surface area (Å²) in [5.74, 6) is 0.872. The Bertz CT molecular complexity index is 1320. The minimum Gasteiger partial charge on any atom is -0.497 e. The normalized spacial score (nSPS) is 11.5. The molecule has 0 atom stereocenters. The SMILES string of the molecule is COc1ccc2nc3cc(Cl)ccc3c(Nc3ccc(/C(N)=N/NC(N)=O)cc3)c2c1. The van der Waals surface area contributed by atoms with Crippen LogP contribution in [0.25, 0.3) is 21.8 Å². The first-order valence-electron chi connectivity index (χ1n) is 9.27. The summed E-state index contributed by atoms with van der Waals surface area (Å²) in [6.07, 6.45) is 0. The number of amidine groups is 1. The van der Waals surface area contributed by atoms with Gasteiger partial charge in [-0.3, -0.25) is 0 Å². The zero-order chi connectivity index (χ0) is 22.0. The summed E-state index contributed by atoms with van der Waals surface area (Å²) in [5.41, 5.74) is 16.9. The Labute approximate surface area is 182 Å². The Morgan fingerprint density at radius 1 is 1.00 bits per heavy atom. The first-order chi connectivity index (χ1) is 14.9. The summed E-state index contributed by atoms with van der Waals surface area (Å²) in [6, 6.07) is 17.8. The van der Waals surface area contributed by atoms with Gasteiger partial charge in [-0.05, 0) is 60.7 Å². The van der Waals surface area contributed by atoms with Gasteiger partial charge in [-0.15, -0.1) is 0 Å². The molecule has 1 aromatic heterocycles. The smallest absolute Gasteiger partial charge is 0.332 e. The maximum atomic E-state index is 10.8. The molecule has 4 rings (SSSR count). The topological polar surface area (TPSA) is 128 Å². The number of amides is 2. The highest BCUT2D eigenvalue weighted by atomic mass is 35.5. The molecule has 31 heavy (non-hydrogen) atoms. The van der Waals surface area contributed by atoms with Crippen LogP contribution in [0.2, 0.25) is 5.02 Å². The number of fused-ring (bicyclic) bond motifs is 2. The zero-order valence-corrected chi connectivity index (χ0v) is 17.3. The van der Waals surface area contributed by atoms with Gasteiger partial charge in [0, 0.05) is 27.0 Å². The van der Waals surface area contributed by atoms with E-state index in [9.17, 15) is 4.79 Å². The number of aromatic nitrogens is 1. The molecular formula is C22H19ClN6O2. The molecule has 6 N–H and O–H groups in total. The molecule has 4 aromatic rings. The molecule has 0 aliphatic rings. The van der Waals surface area contributed by atoms with Crippen molar-refractivity contribution in [3.05, 3.63) is 71.2 Å². The monoisotopic (exact) mass is 434 g/mol. The highest BCUT2D eigenvalue weighted by Gasteiger charge is 2.12. The zero-order valence-electron chi connectivity index (χ0n) is 16.5. The maximum absolute atomic E-state index is 10.8. The molecule has 1 heterocycles. The number of hydrogen-bond donors (Lipinski definition) is 4. The lowest BCUT2D eigenvalue weighted by Crippen LogP contribution is -2.28. The first-order valence-corrected chi connectivity index (χ1v) is 9.65. The van der Waals surface area contributed by atoms with Crippen molar-refractivity contribution in [2.24, 2.45) is 16.6 Å². The van der Waals surface area contributed by atoms with Crippen molar-refractivity contribution < 1.29 is 9.53 Å². The van der Waals surface area contributed by atoms with E-state index in [2.05, 4.69) is 15.8 Å². The minimum absolute atomic E-state index is 0.143. The van der Waals surface area contributed by atoms with Gasteiger partial charge in [0.15, 0.2) is 5.84 Å². The summed E-state index contributed by atoms with van der Waals surface area (Å²) in [7, 11) is 1.63. The van der Waals surface area contributed by atoms with E-state index < -0.39 is 6.03 Å². The van der Waals surface area contributed by atoms with Crippen LogP contribution in [0.15, 0.2) is 65.8 Å². The number of nitrogens with zero attached hydrogens (tertiary/aromatic N) is 2. The number of nitrogens with one attached hydrogen (secondary N) is 2. The number of methoxy groups -OCH3 is 1. The summed E-state index contributed by atoms with van der Waals surface area (Å²) < 4.78 is 5.40. The van der Waals surface area contributed by atoms with Crippen LogP contribution in [0.4, 0.5) is 16.2 Å². The number of benzene rings is 3. The van der Waals surface area contributed by atoms with E-state index in [0.29, 0.717) is 10.6 Å². The molecule has 0 saturated carbocycles. The summed E-state index contributed by atoms with van der Waals surface area (Å²) in [5, 5.41) is 9.64. The summed E-state index contributed by atoms with van der Waals surface area (Å²) in [6.45, 7) is 0. The highest BCUT2D eigenvalue weighted by Crippen LogP contribution is 2.36. The molecule has 2 amide bonds. The minimum atomic E-state index is -0.784. The Morgan fingerprint density at radius 3 is 2.48 bits per heavy atom. The number of ether oxygens (including phenoxy) is 1. The number of nitrogens with two attached hydrogens (primary N) is 2. The van der Waals surface area contributed by atoms with Gasteiger partial charge in [0.1, 0.15) is 5.75 Å². The van der Waals surface area contributed by atoms with Crippen molar-refractivity contribution >= 4 is 56.6 Å². The maximum Gasteiger partial charge on any atom is 0.332 e. The third-order valence-electron chi connectivity index (χ3n) is 4.68. The number of anilines is 2. The van der Waals surface area contributed by atoms with Crippen molar-refractivity contribution in [2.75, 3.05) is 12.4 Å². The predicted octanol–water partition coefficient (Wildman–Crippen LogP) is 4.08. The lowest BCUT2D eigenvalue weighted by molar-refractivity contribution is 0.249. The van der Waals surface area contributed by atoms with Crippen molar-refractivity contribution in [3.8, 4) is 5.75 Å². The summed E-state index contributed by atoms with van der Waals surface area (Å²) in [4.78, 5) is 15.5. The van der Waals surface area contributed by atoms with Gasteiger partial charge in [-0.2, -0.15) is 5.10 Å². The van der Waals surface area contributed by atoms with Crippen LogP contribution < -0.4 is 26.9 Å². The second kappa shape index (κ2) is 8.37. The molecule has 9 heteroatoms. The van der Waals surface area contributed by atoms with Gasteiger partial charge in [-0.1, -0.05) is 11.6 Å². The quantitative estimate of drug-likeness (QED) is 0.163. The number of primary amides is 1. The fraction of sp³-hybridized carbons (Fsp3) is 0.0455. The number of carbonyl (C=O) groups excluding carboxylic acids is 1. The largest absolute Gasteiger partial charge is 0.497 e. The van der Waals surface area contributed by atoms with Crippen LogP contribution in [0.3, 0.4) is 0 Å². The molecule has 0 radical (unpaired) electrons. The fourth-order valence-electron chi connectivity index (χ4n) is 3.21. The highest BCUT2D eigenvalue weighted by molar-refractivity contribution is 6.31. The average molecular weight is 435 g/mol. The Morgan fingerprint density at radius 2 is 1.77 bits per heavy atom. The molecule has 0 aliphatic heterocycles. The van der Waals surface area contributed by atoms with Crippen LogP contribution in [-0.2, 0) is 0 Å². The van der Waals surface area contributed by atoms with Crippen molar-refractivity contribution in [1.82, 2.24) is 10.4 Å². The molecule has 8 nitrogen and oxygen atoms in total. The lowest BCUT2D eigenvalue weighted by Gasteiger charge is -2.15. The van der Waals surface area contributed by atoms with Gasteiger partial charge in [-0.25, -0.2) is 15.2 Å². The van der Waals surface area contributed by atoms with Crippen LogP contribution in [0.5, 0.6) is 5.75 Å². The van der Waals surface area contributed by atoms with E-state index in [-0.39, 0.29) is 5.84 Å². The Balaban J connectivity index is 1.77. The standard InChI is InChI=1S/C22H19ClN6O2/c1-31-15-7-9-18-17(11-15)20(16-8-4-13(23)10-19(16)27-18)26-14-5-2-12(3-6-14)21(24)28-29-22(25)30/h2-11H,1H3,(H2,24,28)(H,26,27)(H3,25,29,30). The van der Waals surface area contributed by atoms with Gasteiger partial charge in [0.05, 0.1) is 23.8 Å². The second-order valence-corrected chi connectivity index (χ2v) is 7.14. The van der Waals surface area contributed by atoms with Crippen molar-refractivity contribution in [2.45, 2.75) is 0 Å². The Hall–Kier alpha value is -4.04. The van der Waals surface area contributed by atoms with Gasteiger partial charge in [0.25, 0.3) is 0 Å². The third-order valence-corrected chi connectivity index (χ3v) is 4.91. The summed E-state index contributed by atoms with van der Waals surface area (Å²) >= 11 is 6.18. The Kier molecular flexibility index (Phi) is 5.46.